The number of urea groups is 1. The first-order valence-electron chi connectivity index (χ1n) is 4.42. The number of carbonyl (C=O) groups excluding carboxylic acids is 2. The van der Waals surface area contributed by atoms with Gasteiger partial charge in [-0.25, -0.2) is 4.79 Å². The summed E-state index contributed by atoms with van der Waals surface area (Å²) in [5, 5.41) is 2.51. The maximum absolute atomic E-state index is 11.1. The van der Waals surface area contributed by atoms with Gasteiger partial charge in [0.25, 0.3) is 0 Å². The van der Waals surface area contributed by atoms with Crippen molar-refractivity contribution >= 4 is 34.9 Å². The predicted molar refractivity (Wildman–Crippen MR) is 61.0 cm³/mol. The number of rotatable bonds is 5. The molecule has 0 aromatic heterocycles. The molecule has 0 aromatic carbocycles. The van der Waals surface area contributed by atoms with Gasteiger partial charge in [0.2, 0.25) is 0 Å². The molecule has 2 N–H and O–H groups in total. The van der Waals surface area contributed by atoms with Crippen LogP contribution in [0.5, 0.6) is 0 Å². The minimum absolute atomic E-state index is 0.0756. The Balaban J connectivity index is 3.45. The predicted octanol–water partition coefficient (Wildman–Crippen LogP) is 1.22. The molecular weight excluding hydrogens is 299 g/mol. The molecule has 0 spiro atoms. The lowest BCUT2D eigenvalue weighted by Crippen LogP contribution is -2.33. The van der Waals surface area contributed by atoms with Crippen LogP contribution in [0.2, 0.25) is 0 Å². The van der Waals surface area contributed by atoms with Gasteiger partial charge in [-0.2, -0.15) is 0 Å². The summed E-state index contributed by atoms with van der Waals surface area (Å²) in [6.45, 7) is 4.28. The molecule has 0 aliphatic heterocycles. The highest BCUT2D eigenvalue weighted by atomic mass is 127. The number of nitrogens with one attached hydrogen (secondary N) is 2. The lowest BCUT2D eigenvalue weighted by Gasteiger charge is -2.09. The molecule has 6 heteroatoms. The highest BCUT2D eigenvalue weighted by Gasteiger charge is 2.11. The van der Waals surface area contributed by atoms with Gasteiger partial charge in [-0.1, -0.05) is 13.8 Å². The normalized spacial score (nSPS) is 11.6. The Labute approximate surface area is 97.4 Å². The molecule has 0 radical (unpaired) electrons. The van der Waals surface area contributed by atoms with Gasteiger partial charge in [-0.05, 0) is 6.42 Å². The average Bonchev–Trinajstić information content (AvgIpc) is 2.22. The summed E-state index contributed by atoms with van der Waals surface area (Å²) < 4.78 is 7.27. The maximum atomic E-state index is 11.1. The Morgan fingerprint density at radius 3 is 2.64 bits per heavy atom. The third-order valence-corrected chi connectivity index (χ3v) is 2.22. The zero-order chi connectivity index (χ0) is 11.0. The minimum atomic E-state index is -0.287. The topological polar surface area (TPSA) is 67.4 Å². The van der Waals surface area contributed by atoms with Crippen LogP contribution in [-0.4, -0.2) is 25.2 Å². The lowest BCUT2D eigenvalue weighted by atomic mass is 10.1. The zero-order valence-corrected chi connectivity index (χ0v) is 10.5. The number of hydrogen-bond acceptors (Lipinski definition) is 3. The molecule has 5 nitrogen and oxygen atoms in total. The average molecular weight is 314 g/mol. The number of hydrogen-bond donors (Lipinski definition) is 2. The fourth-order valence-electron chi connectivity index (χ4n) is 0.659. The summed E-state index contributed by atoms with van der Waals surface area (Å²) in [5.74, 6) is -0.294. The van der Waals surface area contributed by atoms with Crippen LogP contribution >= 0.6 is 22.9 Å². The molecule has 0 heterocycles. The van der Waals surface area contributed by atoms with Crippen LogP contribution in [0.15, 0.2) is 0 Å². The van der Waals surface area contributed by atoms with E-state index in [1.54, 1.807) is 22.9 Å². The first-order valence-corrected chi connectivity index (χ1v) is 5.50. The van der Waals surface area contributed by atoms with E-state index in [0.717, 1.165) is 6.42 Å². The molecule has 82 valence electrons. The van der Waals surface area contributed by atoms with Gasteiger partial charge in [-0.15, -0.1) is 0 Å². The maximum Gasteiger partial charge on any atom is 0.323 e. The molecule has 0 saturated heterocycles. The summed E-state index contributed by atoms with van der Waals surface area (Å²) >= 11 is 1.73. The first kappa shape index (κ1) is 13.5. The van der Waals surface area contributed by atoms with Crippen molar-refractivity contribution in [2.45, 2.75) is 20.3 Å². The van der Waals surface area contributed by atoms with E-state index in [2.05, 4.69) is 8.85 Å². The van der Waals surface area contributed by atoms with Crippen molar-refractivity contribution in [3.63, 3.8) is 0 Å². The van der Waals surface area contributed by atoms with E-state index >= 15 is 0 Å². The molecule has 0 saturated carbocycles. The molecule has 14 heavy (non-hydrogen) atoms. The Morgan fingerprint density at radius 2 is 2.14 bits per heavy atom. The Kier molecular flexibility index (Phi) is 7.54. The molecule has 0 aromatic rings. The largest absolute Gasteiger partial charge is 0.464 e. The van der Waals surface area contributed by atoms with Crippen LogP contribution in [-0.2, 0) is 9.53 Å². The molecule has 0 aliphatic rings. The fraction of sp³-hybridized carbons (Fsp3) is 0.750. The van der Waals surface area contributed by atoms with Gasteiger partial charge in [-0.3, -0.25) is 8.32 Å². The van der Waals surface area contributed by atoms with Crippen molar-refractivity contribution < 1.29 is 14.3 Å². The van der Waals surface area contributed by atoms with Crippen molar-refractivity contribution in [3.8, 4) is 0 Å². The minimum Gasteiger partial charge on any atom is -0.464 e. The molecular formula is C8H15IN2O3. The van der Waals surface area contributed by atoms with E-state index in [1.165, 1.54) is 0 Å². The molecule has 0 aliphatic carbocycles. The molecule has 0 rings (SSSR count). The highest BCUT2D eigenvalue weighted by Crippen LogP contribution is 2.02. The summed E-state index contributed by atoms with van der Waals surface area (Å²) in [6, 6.07) is -0.287. The summed E-state index contributed by atoms with van der Waals surface area (Å²) in [6.07, 6.45) is 0.764. The van der Waals surface area contributed by atoms with Gasteiger partial charge in [0.1, 0.15) is 6.61 Å². The standard InChI is InChI=1S/C8H15IN2O3/c1-3-6(2)7(12)14-5-4-10-8(13)11-9/h6H,3-5H2,1-2H3,(H2,10,11,13). The van der Waals surface area contributed by atoms with Gasteiger partial charge >= 0.3 is 12.0 Å². The third-order valence-electron chi connectivity index (χ3n) is 1.73. The smallest absolute Gasteiger partial charge is 0.323 e. The van der Waals surface area contributed by atoms with E-state index < -0.39 is 0 Å². The SMILES string of the molecule is CCC(C)C(=O)OCCNC(=O)NI. The number of amides is 2. The van der Waals surface area contributed by atoms with Crippen LogP contribution in [0.3, 0.4) is 0 Å². The van der Waals surface area contributed by atoms with Crippen LogP contribution in [0, 0.1) is 5.92 Å². The van der Waals surface area contributed by atoms with Crippen molar-refractivity contribution in [3.05, 3.63) is 0 Å². The molecule has 1 unspecified atom stereocenters. The second-order valence-electron chi connectivity index (χ2n) is 2.83. The Bertz CT molecular complexity index is 199. The van der Waals surface area contributed by atoms with Crippen LogP contribution in [0.1, 0.15) is 20.3 Å². The monoisotopic (exact) mass is 314 g/mol. The zero-order valence-electron chi connectivity index (χ0n) is 8.30. The number of esters is 1. The van der Waals surface area contributed by atoms with Crippen molar-refractivity contribution in [1.29, 1.82) is 0 Å². The second kappa shape index (κ2) is 7.84. The molecule has 0 bridgehead atoms. The van der Waals surface area contributed by atoms with Gasteiger partial charge in [0, 0.05) is 0 Å². The number of carbonyl (C=O) groups is 2. The van der Waals surface area contributed by atoms with E-state index in [1.807, 2.05) is 13.8 Å². The van der Waals surface area contributed by atoms with E-state index in [-0.39, 0.29) is 24.5 Å². The molecule has 0 fully saturated rings. The first-order chi connectivity index (χ1) is 6.61. The lowest BCUT2D eigenvalue weighted by molar-refractivity contribution is -0.147. The van der Waals surface area contributed by atoms with Crippen molar-refractivity contribution in [2.75, 3.05) is 13.2 Å². The summed E-state index contributed by atoms with van der Waals surface area (Å²) in [4.78, 5) is 21.8. The van der Waals surface area contributed by atoms with E-state index in [0.29, 0.717) is 6.54 Å². The molecule has 1 atom stereocenters. The Morgan fingerprint density at radius 1 is 1.50 bits per heavy atom. The van der Waals surface area contributed by atoms with E-state index in [4.69, 9.17) is 4.74 Å². The van der Waals surface area contributed by atoms with Crippen molar-refractivity contribution in [2.24, 2.45) is 5.92 Å². The second-order valence-corrected chi connectivity index (χ2v) is 3.37. The van der Waals surface area contributed by atoms with Crippen molar-refractivity contribution in [1.82, 2.24) is 8.85 Å². The Hall–Kier alpha value is -0.530. The van der Waals surface area contributed by atoms with Gasteiger partial charge < -0.3 is 10.1 Å². The van der Waals surface area contributed by atoms with Crippen LogP contribution in [0.4, 0.5) is 4.79 Å². The van der Waals surface area contributed by atoms with Gasteiger partial charge in [0.05, 0.1) is 35.3 Å². The summed E-state index contributed by atoms with van der Waals surface area (Å²) in [7, 11) is 0. The van der Waals surface area contributed by atoms with Crippen LogP contribution < -0.4 is 8.85 Å². The number of ether oxygens (including phenoxy) is 1. The fourth-order valence-corrected chi connectivity index (χ4v) is 0.849. The highest BCUT2D eigenvalue weighted by molar-refractivity contribution is 14.1. The van der Waals surface area contributed by atoms with E-state index in [9.17, 15) is 9.59 Å². The molecule has 2 amide bonds. The van der Waals surface area contributed by atoms with Crippen LogP contribution in [0.25, 0.3) is 0 Å². The quantitative estimate of drug-likeness (QED) is 0.347. The number of halogens is 1. The third kappa shape index (κ3) is 6.01. The summed E-state index contributed by atoms with van der Waals surface area (Å²) in [5.41, 5.74) is 0. The van der Waals surface area contributed by atoms with Gasteiger partial charge in [0.15, 0.2) is 0 Å².